The molecule has 94 heavy (non-hydrogen) atoms. The molecule has 17 aromatic rings. The van der Waals surface area contributed by atoms with Crippen LogP contribution in [0.4, 0.5) is 34.4 Å². The van der Waals surface area contributed by atoms with Gasteiger partial charge in [-0.2, -0.15) is 0 Å². The normalized spacial score (nSPS) is 11.4. The second-order valence-electron chi connectivity index (χ2n) is 23.7. The van der Waals surface area contributed by atoms with Crippen LogP contribution >= 0.6 is 0 Å². The van der Waals surface area contributed by atoms with E-state index in [1.807, 2.05) is 0 Å². The van der Waals surface area contributed by atoms with E-state index in [9.17, 15) is 0 Å². The summed E-state index contributed by atoms with van der Waals surface area (Å²) in [7, 11) is 0. The van der Waals surface area contributed by atoms with E-state index in [1.54, 1.807) is 0 Å². The molecule has 0 aliphatic carbocycles. The Hall–Kier alpha value is -12.6. The van der Waals surface area contributed by atoms with Crippen LogP contribution in [-0.4, -0.2) is 19.1 Å². The van der Waals surface area contributed by atoms with Crippen LogP contribution in [-0.2, 0) is 0 Å². The van der Waals surface area contributed by atoms with Gasteiger partial charge in [-0.1, -0.05) is 237 Å². The minimum Gasteiger partial charge on any atom is -0.310 e. The van der Waals surface area contributed by atoms with E-state index in [0.717, 1.165) is 107 Å². The SMILES string of the molecule is c1ccc(-c2cccc(-c3cc(-c4cccc(N(c5ccccc5)c5ccc(-c6ccc7c(c6)c6ccccc6n7-c6ccccc6)cc5)c4)nc(N(c4ccccc4)c4ccc(-c5ccc6c(c5)c5ccccc5n6-c5ccccc5)cc4)n3)c2-c2ccccc2)cc1. The van der Waals surface area contributed by atoms with Gasteiger partial charge >= 0.3 is 0 Å². The average molecular weight is 1200 g/mol. The quantitative estimate of drug-likeness (QED) is 0.109. The van der Waals surface area contributed by atoms with Crippen molar-refractivity contribution in [3.8, 4) is 78.4 Å². The summed E-state index contributed by atoms with van der Waals surface area (Å²) in [6.07, 6.45) is 0. The summed E-state index contributed by atoms with van der Waals surface area (Å²) in [5.41, 5.74) is 24.4. The van der Waals surface area contributed by atoms with Gasteiger partial charge in [0, 0.05) is 72.5 Å². The second-order valence-corrected chi connectivity index (χ2v) is 23.7. The summed E-state index contributed by atoms with van der Waals surface area (Å²) in [6.45, 7) is 0. The molecule has 0 N–H and O–H groups in total. The smallest absolute Gasteiger partial charge is 0.235 e. The molecule has 6 nitrogen and oxygen atoms in total. The van der Waals surface area contributed by atoms with Crippen molar-refractivity contribution in [2.45, 2.75) is 0 Å². The number of para-hydroxylation sites is 6. The van der Waals surface area contributed by atoms with Crippen molar-refractivity contribution in [3.63, 3.8) is 0 Å². The van der Waals surface area contributed by atoms with Crippen LogP contribution in [0.25, 0.3) is 122 Å². The van der Waals surface area contributed by atoms with E-state index >= 15 is 0 Å². The first-order valence-electron chi connectivity index (χ1n) is 32.0. The maximum Gasteiger partial charge on any atom is 0.235 e. The van der Waals surface area contributed by atoms with Gasteiger partial charge in [-0.15, -0.1) is 0 Å². The second kappa shape index (κ2) is 24.0. The largest absolute Gasteiger partial charge is 0.310 e. The molecule has 0 unspecified atom stereocenters. The van der Waals surface area contributed by atoms with Gasteiger partial charge in [0.25, 0.3) is 0 Å². The number of benzene rings is 14. The van der Waals surface area contributed by atoms with Crippen LogP contribution in [0.1, 0.15) is 0 Å². The number of anilines is 6. The summed E-state index contributed by atoms with van der Waals surface area (Å²) < 4.78 is 4.73. The van der Waals surface area contributed by atoms with Gasteiger partial charge in [-0.25, -0.2) is 9.97 Å². The number of hydrogen-bond acceptors (Lipinski definition) is 4. The van der Waals surface area contributed by atoms with Crippen LogP contribution < -0.4 is 9.80 Å². The van der Waals surface area contributed by atoms with Crippen molar-refractivity contribution in [2.75, 3.05) is 9.80 Å². The molecular formula is C88H60N6. The maximum atomic E-state index is 5.71. The topological polar surface area (TPSA) is 42.1 Å². The van der Waals surface area contributed by atoms with Gasteiger partial charge in [0.2, 0.25) is 5.95 Å². The van der Waals surface area contributed by atoms with Crippen molar-refractivity contribution in [1.29, 1.82) is 0 Å². The number of hydrogen-bond donors (Lipinski definition) is 0. The van der Waals surface area contributed by atoms with Crippen molar-refractivity contribution >= 4 is 78.0 Å². The zero-order valence-corrected chi connectivity index (χ0v) is 51.3. The molecule has 3 heterocycles. The lowest BCUT2D eigenvalue weighted by atomic mass is 9.89. The number of nitrogens with zero attached hydrogens (tertiary/aromatic N) is 6. The summed E-state index contributed by atoms with van der Waals surface area (Å²) in [4.78, 5) is 15.9. The number of fused-ring (bicyclic) bond motifs is 6. The molecule has 0 bridgehead atoms. The molecule has 0 fully saturated rings. The Morgan fingerprint density at radius 3 is 1.14 bits per heavy atom. The van der Waals surface area contributed by atoms with E-state index in [4.69, 9.17) is 9.97 Å². The van der Waals surface area contributed by atoms with Gasteiger partial charge in [-0.3, -0.25) is 4.90 Å². The first-order valence-corrected chi connectivity index (χ1v) is 32.0. The Bertz CT molecular complexity index is 5580. The molecule has 6 heteroatoms. The lowest BCUT2D eigenvalue weighted by Crippen LogP contribution is -2.14. The van der Waals surface area contributed by atoms with E-state index < -0.39 is 0 Å². The molecule has 0 amide bonds. The van der Waals surface area contributed by atoms with Crippen LogP contribution in [0.5, 0.6) is 0 Å². The van der Waals surface area contributed by atoms with Crippen LogP contribution in [0.3, 0.4) is 0 Å². The summed E-state index contributed by atoms with van der Waals surface area (Å²) in [5.74, 6) is 0.537. The standard InChI is InChI=1S/C88H60N6/c1-7-25-63(26-8-1)75-41-24-42-78(87(75)64-27-9-2-10-28-64)82-60-81(89-88(90-82)92(69-32-13-4-14-33-69)73-53-47-62(48-54-73)66-50-56-86-80(59-66)77-40-20-22-44-84(77)94(86)71-36-17-6-18-37-71)67-29-23-38-74(57-67)91(68-30-11-3-12-31-68)72-51-45-61(46-52-72)65-49-55-85-79(58-65)76-39-19-21-43-83(76)93(85)70-34-15-5-16-35-70/h1-60H. The molecule has 442 valence electrons. The van der Waals surface area contributed by atoms with E-state index in [-0.39, 0.29) is 0 Å². The summed E-state index contributed by atoms with van der Waals surface area (Å²) >= 11 is 0. The van der Waals surface area contributed by atoms with Gasteiger partial charge in [0.1, 0.15) is 0 Å². The Balaban J connectivity index is 0.797. The molecule has 0 atom stereocenters. The molecule has 0 saturated carbocycles. The lowest BCUT2D eigenvalue weighted by Gasteiger charge is -2.27. The highest BCUT2D eigenvalue weighted by Gasteiger charge is 2.24. The van der Waals surface area contributed by atoms with Gasteiger partial charge < -0.3 is 14.0 Å². The Kier molecular flexibility index (Phi) is 14.1. The number of aromatic nitrogens is 4. The summed E-state index contributed by atoms with van der Waals surface area (Å²) in [6, 6.07) is 130. The molecule has 3 aromatic heterocycles. The summed E-state index contributed by atoms with van der Waals surface area (Å²) in [5, 5.41) is 4.87. The fraction of sp³-hybridized carbons (Fsp3) is 0. The minimum atomic E-state index is 0.537. The highest BCUT2D eigenvalue weighted by Crippen LogP contribution is 2.45. The van der Waals surface area contributed by atoms with Gasteiger partial charge in [0.15, 0.2) is 0 Å². The predicted molar refractivity (Wildman–Crippen MR) is 393 cm³/mol. The lowest BCUT2D eigenvalue weighted by molar-refractivity contribution is 1.09. The molecule has 0 spiro atoms. The van der Waals surface area contributed by atoms with Crippen LogP contribution in [0.2, 0.25) is 0 Å². The van der Waals surface area contributed by atoms with Crippen molar-refractivity contribution in [3.05, 3.63) is 364 Å². The first-order chi connectivity index (χ1) is 46.6. The third-order valence-corrected chi connectivity index (χ3v) is 18.1. The highest BCUT2D eigenvalue weighted by molar-refractivity contribution is 6.12. The average Bonchev–Trinajstić information content (AvgIpc) is 1.62. The van der Waals surface area contributed by atoms with Crippen molar-refractivity contribution in [2.24, 2.45) is 0 Å². The Morgan fingerprint density at radius 1 is 0.213 bits per heavy atom. The third kappa shape index (κ3) is 10.1. The fourth-order valence-corrected chi connectivity index (χ4v) is 13.8. The first kappa shape index (κ1) is 55.4. The number of rotatable bonds is 14. The van der Waals surface area contributed by atoms with E-state index in [0.29, 0.717) is 5.95 Å². The Labute approximate surface area is 546 Å². The molecule has 0 aliphatic rings. The van der Waals surface area contributed by atoms with Crippen LogP contribution in [0, 0.1) is 0 Å². The maximum absolute atomic E-state index is 5.71. The molecule has 0 saturated heterocycles. The fourth-order valence-electron chi connectivity index (χ4n) is 13.8. The molecule has 14 aromatic carbocycles. The molecule has 0 aliphatic heterocycles. The minimum absolute atomic E-state index is 0.537. The predicted octanol–water partition coefficient (Wildman–Crippen LogP) is 23.6. The molecular weight excluding hydrogens is 1140 g/mol. The van der Waals surface area contributed by atoms with Crippen molar-refractivity contribution in [1.82, 2.24) is 19.1 Å². The van der Waals surface area contributed by atoms with Gasteiger partial charge in [0.05, 0.1) is 33.5 Å². The molecule has 0 radical (unpaired) electrons. The Morgan fingerprint density at radius 2 is 0.596 bits per heavy atom. The zero-order valence-electron chi connectivity index (χ0n) is 51.3. The zero-order chi connectivity index (χ0) is 62.3. The highest BCUT2D eigenvalue weighted by atomic mass is 15.3. The van der Waals surface area contributed by atoms with E-state index in [1.165, 1.54) is 43.6 Å². The molecule has 17 rings (SSSR count). The van der Waals surface area contributed by atoms with Crippen molar-refractivity contribution < 1.29 is 0 Å². The van der Waals surface area contributed by atoms with Gasteiger partial charge in [-0.05, 0) is 172 Å². The monoisotopic (exact) mass is 1200 g/mol. The van der Waals surface area contributed by atoms with E-state index in [2.05, 4.69) is 383 Å². The van der Waals surface area contributed by atoms with Crippen LogP contribution in [0.15, 0.2) is 364 Å². The third-order valence-electron chi connectivity index (χ3n) is 18.1.